The third-order valence-electron chi connectivity index (χ3n) is 4.16. The van der Waals surface area contributed by atoms with Crippen molar-refractivity contribution in [3.05, 3.63) is 23.8 Å². The summed E-state index contributed by atoms with van der Waals surface area (Å²) in [7, 11) is 0. The number of aliphatic carboxylic acids is 1. The third-order valence-corrected chi connectivity index (χ3v) is 4.94. The lowest BCUT2D eigenvalue weighted by molar-refractivity contribution is -0.147. The average Bonchev–Trinajstić information content (AvgIpc) is 2.92. The largest absolute Gasteiger partial charge is 0.481 e. The molecule has 1 fully saturated rings. The van der Waals surface area contributed by atoms with Gasteiger partial charge in [-0.1, -0.05) is 13.0 Å². The predicted molar refractivity (Wildman–Crippen MR) is 80.1 cm³/mol. The van der Waals surface area contributed by atoms with Crippen molar-refractivity contribution in [3.8, 4) is 6.07 Å². The van der Waals surface area contributed by atoms with Gasteiger partial charge in [0.25, 0.3) is 0 Å². The summed E-state index contributed by atoms with van der Waals surface area (Å²) in [4.78, 5) is 14.5. The molecule has 1 atom stereocenters. The molecule has 0 spiro atoms. The van der Waals surface area contributed by atoms with Gasteiger partial charge in [-0.2, -0.15) is 5.26 Å². The standard InChI is InChI=1S/C15H18N2O2S/c1-3-15(14(18)19)7-8-17(10-15)12-5-4-6-13(20-2)11(12)9-16/h4-6H,3,7-8,10H2,1-2H3,(H,18,19). The molecular weight excluding hydrogens is 272 g/mol. The Bertz CT molecular complexity index is 567. The average molecular weight is 290 g/mol. The molecule has 0 amide bonds. The van der Waals surface area contributed by atoms with E-state index in [2.05, 4.69) is 6.07 Å². The van der Waals surface area contributed by atoms with Crippen LogP contribution in [0.15, 0.2) is 23.1 Å². The lowest BCUT2D eigenvalue weighted by Gasteiger charge is -2.25. The minimum Gasteiger partial charge on any atom is -0.481 e. The fraction of sp³-hybridized carbons (Fsp3) is 0.467. The van der Waals surface area contributed by atoms with E-state index in [9.17, 15) is 15.2 Å². The third kappa shape index (κ3) is 2.36. The topological polar surface area (TPSA) is 64.3 Å². The summed E-state index contributed by atoms with van der Waals surface area (Å²) in [5.74, 6) is -0.734. The minimum absolute atomic E-state index is 0.478. The lowest BCUT2D eigenvalue weighted by atomic mass is 9.84. The van der Waals surface area contributed by atoms with Gasteiger partial charge in [0, 0.05) is 18.0 Å². The summed E-state index contributed by atoms with van der Waals surface area (Å²) in [6, 6.07) is 8.01. The molecule has 1 aromatic rings. The summed E-state index contributed by atoms with van der Waals surface area (Å²) in [6.45, 7) is 3.08. The molecule has 0 radical (unpaired) electrons. The highest BCUT2D eigenvalue weighted by Gasteiger charge is 2.43. The number of thioether (sulfide) groups is 1. The molecule has 1 saturated heterocycles. The molecule has 20 heavy (non-hydrogen) atoms. The predicted octanol–water partition coefficient (Wildman–Crippen LogP) is 2.97. The van der Waals surface area contributed by atoms with E-state index >= 15 is 0 Å². The van der Waals surface area contributed by atoms with Gasteiger partial charge in [0.05, 0.1) is 16.7 Å². The van der Waals surface area contributed by atoms with Crippen LogP contribution in [0.4, 0.5) is 5.69 Å². The second-order valence-electron chi connectivity index (χ2n) is 5.08. The van der Waals surface area contributed by atoms with Crippen LogP contribution in [0.3, 0.4) is 0 Å². The van der Waals surface area contributed by atoms with Crippen molar-refractivity contribution in [1.82, 2.24) is 0 Å². The van der Waals surface area contributed by atoms with Crippen LogP contribution in [0.5, 0.6) is 0 Å². The number of hydrogen-bond donors (Lipinski definition) is 1. The molecule has 1 unspecified atom stereocenters. The van der Waals surface area contributed by atoms with E-state index in [1.54, 1.807) is 0 Å². The first kappa shape index (κ1) is 14.7. The SMILES string of the molecule is CCC1(C(=O)O)CCN(c2cccc(SC)c2C#N)C1. The number of anilines is 1. The fourth-order valence-corrected chi connectivity index (χ4v) is 3.33. The van der Waals surface area contributed by atoms with Gasteiger partial charge in [-0.3, -0.25) is 4.79 Å². The maximum Gasteiger partial charge on any atom is 0.311 e. The number of rotatable bonds is 4. The molecule has 5 heteroatoms. The maximum absolute atomic E-state index is 11.5. The van der Waals surface area contributed by atoms with Gasteiger partial charge >= 0.3 is 5.97 Å². The van der Waals surface area contributed by atoms with Crippen LogP contribution in [0.1, 0.15) is 25.3 Å². The molecule has 0 saturated carbocycles. The number of carboxylic acid groups (broad SMARTS) is 1. The molecule has 0 aromatic heterocycles. The van der Waals surface area contributed by atoms with Gasteiger partial charge in [0.15, 0.2) is 0 Å². The molecule has 1 N–H and O–H groups in total. The number of hydrogen-bond acceptors (Lipinski definition) is 4. The van der Waals surface area contributed by atoms with Gasteiger partial charge in [-0.15, -0.1) is 11.8 Å². The number of carboxylic acids is 1. The van der Waals surface area contributed by atoms with Crippen molar-refractivity contribution in [3.63, 3.8) is 0 Å². The lowest BCUT2D eigenvalue weighted by Crippen LogP contribution is -2.34. The van der Waals surface area contributed by atoms with E-state index in [4.69, 9.17) is 0 Å². The number of nitriles is 1. The number of carbonyl (C=O) groups is 1. The molecule has 1 aliphatic rings. The molecule has 1 heterocycles. The Kier molecular flexibility index (Phi) is 4.24. The minimum atomic E-state index is -0.734. The van der Waals surface area contributed by atoms with Gasteiger partial charge in [0.1, 0.15) is 6.07 Å². The molecule has 1 aliphatic heterocycles. The Hall–Kier alpha value is -1.67. The van der Waals surface area contributed by atoms with Crippen molar-refractivity contribution in [2.45, 2.75) is 24.7 Å². The zero-order chi connectivity index (χ0) is 14.8. The Labute approximate surface area is 123 Å². The summed E-state index contributed by atoms with van der Waals surface area (Å²) in [6.07, 6.45) is 3.19. The molecule has 0 aliphatic carbocycles. The summed E-state index contributed by atoms with van der Waals surface area (Å²) >= 11 is 1.54. The van der Waals surface area contributed by atoms with E-state index in [1.165, 1.54) is 11.8 Å². The van der Waals surface area contributed by atoms with Gasteiger partial charge in [0.2, 0.25) is 0 Å². The number of benzene rings is 1. The molecule has 0 bridgehead atoms. The van der Waals surface area contributed by atoms with Crippen LogP contribution in [0.25, 0.3) is 0 Å². The van der Waals surface area contributed by atoms with E-state index in [0.717, 1.165) is 10.6 Å². The van der Waals surface area contributed by atoms with E-state index in [0.29, 0.717) is 31.5 Å². The Morgan fingerprint density at radius 1 is 1.60 bits per heavy atom. The first-order valence-electron chi connectivity index (χ1n) is 6.63. The molecule has 2 rings (SSSR count). The van der Waals surface area contributed by atoms with Crippen LogP contribution >= 0.6 is 11.8 Å². The van der Waals surface area contributed by atoms with Crippen LogP contribution in [0, 0.1) is 16.7 Å². The smallest absolute Gasteiger partial charge is 0.311 e. The van der Waals surface area contributed by atoms with Crippen molar-refractivity contribution in [1.29, 1.82) is 5.26 Å². The van der Waals surface area contributed by atoms with Crippen LogP contribution in [-0.4, -0.2) is 30.4 Å². The number of nitrogens with zero attached hydrogens (tertiary/aromatic N) is 2. The highest BCUT2D eigenvalue weighted by molar-refractivity contribution is 7.98. The first-order chi connectivity index (χ1) is 9.57. The Morgan fingerprint density at radius 3 is 2.85 bits per heavy atom. The van der Waals surface area contributed by atoms with Crippen molar-refractivity contribution < 1.29 is 9.90 Å². The molecule has 4 nitrogen and oxygen atoms in total. The van der Waals surface area contributed by atoms with Gasteiger partial charge in [-0.05, 0) is 31.2 Å². The zero-order valence-corrected chi connectivity index (χ0v) is 12.5. The van der Waals surface area contributed by atoms with Gasteiger partial charge in [-0.25, -0.2) is 0 Å². The zero-order valence-electron chi connectivity index (χ0n) is 11.7. The molecule has 1 aromatic carbocycles. The van der Waals surface area contributed by atoms with Gasteiger partial charge < -0.3 is 10.0 Å². The quantitative estimate of drug-likeness (QED) is 0.864. The Balaban J connectivity index is 2.36. The summed E-state index contributed by atoms with van der Waals surface area (Å²) in [5.41, 5.74) is 0.829. The van der Waals surface area contributed by atoms with Crippen molar-refractivity contribution in [2.24, 2.45) is 5.41 Å². The maximum atomic E-state index is 11.5. The van der Waals surface area contributed by atoms with Crippen LogP contribution in [0.2, 0.25) is 0 Å². The molecular formula is C15H18N2O2S. The summed E-state index contributed by atoms with van der Waals surface area (Å²) < 4.78 is 0. The fourth-order valence-electron chi connectivity index (χ4n) is 2.76. The van der Waals surface area contributed by atoms with Crippen LogP contribution in [-0.2, 0) is 4.79 Å². The second-order valence-corrected chi connectivity index (χ2v) is 5.92. The highest BCUT2D eigenvalue weighted by Crippen LogP contribution is 2.39. The first-order valence-corrected chi connectivity index (χ1v) is 7.86. The van der Waals surface area contributed by atoms with E-state index in [1.807, 2.05) is 36.3 Å². The van der Waals surface area contributed by atoms with Crippen molar-refractivity contribution in [2.75, 3.05) is 24.2 Å². The van der Waals surface area contributed by atoms with E-state index in [-0.39, 0.29) is 0 Å². The second kappa shape index (κ2) is 5.76. The highest BCUT2D eigenvalue weighted by atomic mass is 32.2. The normalized spacial score (nSPS) is 21.8. The molecule has 106 valence electrons. The monoisotopic (exact) mass is 290 g/mol. The summed E-state index contributed by atoms with van der Waals surface area (Å²) in [5, 5.41) is 18.8. The Morgan fingerprint density at radius 2 is 2.35 bits per heavy atom. The van der Waals surface area contributed by atoms with Crippen molar-refractivity contribution >= 4 is 23.4 Å². The van der Waals surface area contributed by atoms with Crippen LogP contribution < -0.4 is 4.90 Å². The van der Waals surface area contributed by atoms with E-state index < -0.39 is 11.4 Å².